The third-order valence-electron chi connectivity index (χ3n) is 3.97. The Morgan fingerprint density at radius 1 is 0.810 bits per heavy atom. The SMILES string of the molecule is CCCCCCCCCCCCP(=O)(O)c1ccccc1. The molecule has 1 aromatic rings. The molecule has 21 heavy (non-hydrogen) atoms. The zero-order valence-electron chi connectivity index (χ0n) is 13.5. The topological polar surface area (TPSA) is 37.3 Å². The minimum atomic E-state index is -3.12. The van der Waals surface area contributed by atoms with Crippen LogP contribution < -0.4 is 5.30 Å². The molecule has 1 N–H and O–H groups in total. The molecule has 0 saturated heterocycles. The maximum Gasteiger partial charge on any atom is 0.229 e. The molecule has 0 spiro atoms. The van der Waals surface area contributed by atoms with Crippen LogP contribution in [0.3, 0.4) is 0 Å². The van der Waals surface area contributed by atoms with Crippen molar-refractivity contribution >= 4 is 12.7 Å². The highest BCUT2D eigenvalue weighted by Crippen LogP contribution is 2.40. The van der Waals surface area contributed by atoms with E-state index >= 15 is 0 Å². The second-order valence-corrected chi connectivity index (χ2v) is 8.31. The first-order valence-electron chi connectivity index (χ1n) is 8.54. The molecule has 0 amide bonds. The van der Waals surface area contributed by atoms with E-state index in [1.807, 2.05) is 18.2 Å². The van der Waals surface area contributed by atoms with Gasteiger partial charge in [-0.2, -0.15) is 0 Å². The molecule has 1 atom stereocenters. The van der Waals surface area contributed by atoms with Gasteiger partial charge in [-0.1, -0.05) is 82.9 Å². The summed E-state index contributed by atoms with van der Waals surface area (Å²) < 4.78 is 12.2. The summed E-state index contributed by atoms with van der Waals surface area (Å²) >= 11 is 0. The van der Waals surface area contributed by atoms with E-state index in [-0.39, 0.29) is 0 Å². The van der Waals surface area contributed by atoms with Gasteiger partial charge in [0.25, 0.3) is 0 Å². The number of hydrogen-bond acceptors (Lipinski definition) is 1. The van der Waals surface area contributed by atoms with Crippen molar-refractivity contribution in [3.05, 3.63) is 30.3 Å². The highest BCUT2D eigenvalue weighted by molar-refractivity contribution is 7.66. The Hall–Kier alpha value is -0.590. The van der Waals surface area contributed by atoms with E-state index in [1.54, 1.807) is 12.1 Å². The summed E-state index contributed by atoms with van der Waals surface area (Å²) in [4.78, 5) is 10.1. The van der Waals surface area contributed by atoms with Crippen LogP contribution >= 0.6 is 7.37 Å². The molecule has 0 saturated carbocycles. The first-order valence-corrected chi connectivity index (χ1v) is 10.4. The molecule has 0 aliphatic carbocycles. The second kappa shape index (κ2) is 11.0. The summed E-state index contributed by atoms with van der Waals surface area (Å²) in [6, 6.07) is 9.06. The predicted octanol–water partition coefficient (Wildman–Crippen LogP) is 5.50. The minimum absolute atomic E-state index is 0.424. The van der Waals surface area contributed by atoms with Gasteiger partial charge >= 0.3 is 0 Å². The Kier molecular flexibility index (Phi) is 9.70. The average molecular weight is 310 g/mol. The molecule has 0 fully saturated rings. The van der Waals surface area contributed by atoms with Gasteiger partial charge in [-0.25, -0.2) is 0 Å². The van der Waals surface area contributed by atoms with Gasteiger partial charge < -0.3 is 4.89 Å². The van der Waals surface area contributed by atoms with Gasteiger partial charge in [0, 0.05) is 11.5 Å². The molecule has 120 valence electrons. The van der Waals surface area contributed by atoms with Gasteiger partial charge in [0.2, 0.25) is 7.37 Å². The molecular formula is C18H31O2P. The molecule has 0 aliphatic heterocycles. The molecule has 0 heterocycles. The minimum Gasteiger partial charge on any atom is -0.341 e. The van der Waals surface area contributed by atoms with Gasteiger partial charge in [-0.05, 0) is 18.6 Å². The largest absolute Gasteiger partial charge is 0.341 e. The Bertz CT molecular complexity index is 403. The Morgan fingerprint density at radius 3 is 1.81 bits per heavy atom. The van der Waals surface area contributed by atoms with Crippen LogP contribution in [-0.4, -0.2) is 11.1 Å². The number of hydrogen-bond donors (Lipinski definition) is 1. The van der Waals surface area contributed by atoms with E-state index in [9.17, 15) is 9.46 Å². The van der Waals surface area contributed by atoms with Gasteiger partial charge in [-0.3, -0.25) is 4.57 Å². The fourth-order valence-corrected chi connectivity index (χ4v) is 4.15. The second-order valence-electron chi connectivity index (χ2n) is 5.94. The lowest BCUT2D eigenvalue weighted by Gasteiger charge is -2.11. The maximum absolute atomic E-state index is 12.2. The predicted molar refractivity (Wildman–Crippen MR) is 92.6 cm³/mol. The fraction of sp³-hybridized carbons (Fsp3) is 0.667. The fourth-order valence-electron chi connectivity index (χ4n) is 2.60. The number of rotatable bonds is 12. The lowest BCUT2D eigenvalue weighted by Crippen LogP contribution is -2.06. The van der Waals surface area contributed by atoms with Crippen LogP contribution in [-0.2, 0) is 4.57 Å². The van der Waals surface area contributed by atoms with Crippen molar-refractivity contribution in [3.63, 3.8) is 0 Å². The number of benzene rings is 1. The van der Waals surface area contributed by atoms with E-state index in [4.69, 9.17) is 0 Å². The average Bonchev–Trinajstić information content (AvgIpc) is 2.50. The summed E-state index contributed by atoms with van der Waals surface area (Å²) in [5.74, 6) is 0. The lowest BCUT2D eigenvalue weighted by molar-refractivity contribution is 0.485. The zero-order valence-corrected chi connectivity index (χ0v) is 14.4. The Labute approximate surface area is 130 Å². The monoisotopic (exact) mass is 310 g/mol. The molecule has 0 aliphatic rings. The first-order chi connectivity index (χ1) is 10.2. The van der Waals surface area contributed by atoms with Crippen molar-refractivity contribution in [2.45, 2.75) is 71.1 Å². The third kappa shape index (κ3) is 8.44. The van der Waals surface area contributed by atoms with Crippen molar-refractivity contribution in [3.8, 4) is 0 Å². The van der Waals surface area contributed by atoms with Crippen molar-refractivity contribution in [2.75, 3.05) is 6.16 Å². The van der Waals surface area contributed by atoms with E-state index in [0.717, 1.165) is 12.8 Å². The van der Waals surface area contributed by atoms with Crippen molar-refractivity contribution < 1.29 is 9.46 Å². The quantitative estimate of drug-likeness (QED) is 0.408. The normalized spacial score (nSPS) is 14.0. The van der Waals surface area contributed by atoms with E-state index < -0.39 is 7.37 Å². The zero-order chi connectivity index (χ0) is 15.4. The standard InChI is InChI=1S/C18H31O2P/c1-2-3-4-5-6-7-8-9-10-14-17-21(19,20)18-15-12-11-13-16-18/h11-13,15-16H,2-10,14,17H2,1H3,(H,19,20). The molecule has 3 heteroatoms. The van der Waals surface area contributed by atoms with Crippen LogP contribution in [0.15, 0.2) is 30.3 Å². The summed E-state index contributed by atoms with van der Waals surface area (Å²) in [6.07, 6.45) is 12.9. The molecule has 2 nitrogen and oxygen atoms in total. The Morgan fingerprint density at radius 2 is 1.29 bits per heavy atom. The molecule has 1 aromatic carbocycles. The summed E-state index contributed by atoms with van der Waals surface area (Å²) in [5.41, 5.74) is 0. The molecule has 0 aromatic heterocycles. The van der Waals surface area contributed by atoms with Gasteiger partial charge in [0.15, 0.2) is 0 Å². The van der Waals surface area contributed by atoms with Crippen LogP contribution in [0.1, 0.15) is 71.1 Å². The van der Waals surface area contributed by atoms with Crippen molar-refractivity contribution in [1.29, 1.82) is 0 Å². The lowest BCUT2D eigenvalue weighted by atomic mass is 10.1. The summed E-state index contributed by atoms with van der Waals surface area (Å²) in [6.45, 7) is 2.25. The van der Waals surface area contributed by atoms with E-state index in [1.165, 1.54) is 51.4 Å². The van der Waals surface area contributed by atoms with Gasteiger partial charge in [0.1, 0.15) is 0 Å². The van der Waals surface area contributed by atoms with Crippen LogP contribution in [0.2, 0.25) is 0 Å². The van der Waals surface area contributed by atoms with Crippen LogP contribution in [0.5, 0.6) is 0 Å². The third-order valence-corrected chi connectivity index (χ3v) is 6.00. The first kappa shape index (κ1) is 18.5. The van der Waals surface area contributed by atoms with Crippen molar-refractivity contribution in [2.24, 2.45) is 0 Å². The highest BCUT2D eigenvalue weighted by Gasteiger charge is 2.19. The highest BCUT2D eigenvalue weighted by atomic mass is 31.2. The van der Waals surface area contributed by atoms with Gasteiger partial charge in [0.05, 0.1) is 0 Å². The molecule has 0 bridgehead atoms. The van der Waals surface area contributed by atoms with Crippen LogP contribution in [0, 0.1) is 0 Å². The van der Waals surface area contributed by atoms with Gasteiger partial charge in [-0.15, -0.1) is 0 Å². The Balaban J connectivity index is 2.03. The maximum atomic E-state index is 12.2. The summed E-state index contributed by atoms with van der Waals surface area (Å²) in [7, 11) is -3.12. The summed E-state index contributed by atoms with van der Waals surface area (Å²) in [5, 5.41) is 0.598. The van der Waals surface area contributed by atoms with E-state index in [0.29, 0.717) is 11.5 Å². The smallest absolute Gasteiger partial charge is 0.229 e. The van der Waals surface area contributed by atoms with Crippen LogP contribution in [0.25, 0.3) is 0 Å². The van der Waals surface area contributed by atoms with E-state index in [2.05, 4.69) is 6.92 Å². The molecule has 1 rings (SSSR count). The number of unbranched alkanes of at least 4 members (excludes halogenated alkanes) is 9. The molecule has 0 radical (unpaired) electrons. The molecular weight excluding hydrogens is 279 g/mol. The van der Waals surface area contributed by atoms with Crippen molar-refractivity contribution in [1.82, 2.24) is 0 Å². The van der Waals surface area contributed by atoms with Crippen LogP contribution in [0.4, 0.5) is 0 Å². The molecule has 1 unspecified atom stereocenters.